The van der Waals surface area contributed by atoms with Gasteiger partial charge in [0.15, 0.2) is 0 Å². The minimum Gasteiger partial charge on any atom is -0.463 e. The minimum absolute atomic E-state index is 0.346. The van der Waals surface area contributed by atoms with Crippen LogP contribution in [0.5, 0.6) is 0 Å². The van der Waals surface area contributed by atoms with Crippen LogP contribution in [0.1, 0.15) is 13.8 Å². The van der Waals surface area contributed by atoms with E-state index in [1.165, 1.54) is 6.08 Å². The summed E-state index contributed by atoms with van der Waals surface area (Å²) in [6, 6.07) is 0. The minimum atomic E-state index is -0.346. The van der Waals surface area contributed by atoms with Crippen molar-refractivity contribution in [3.8, 4) is 0 Å². The van der Waals surface area contributed by atoms with Crippen LogP contribution in [0.15, 0.2) is 24.2 Å². The number of carbonyl (C=O) groups excluding carboxylic acids is 1. The molecule has 0 saturated heterocycles. The van der Waals surface area contributed by atoms with Crippen LogP contribution in [0.25, 0.3) is 0 Å². The fourth-order valence-electron chi connectivity index (χ4n) is 0.944. The second kappa shape index (κ2) is 5.06. The van der Waals surface area contributed by atoms with E-state index in [0.29, 0.717) is 12.3 Å². The molecule has 14 heavy (non-hydrogen) atoms. The lowest BCUT2D eigenvalue weighted by Crippen LogP contribution is -2.03. The first-order valence-electron chi connectivity index (χ1n) is 4.33. The number of allylic oxidation sites excluding steroid dienone is 1. The van der Waals surface area contributed by atoms with E-state index in [9.17, 15) is 4.79 Å². The molecule has 0 aromatic carbocycles. The third-order valence-corrected chi connectivity index (χ3v) is 1.46. The highest BCUT2D eigenvalue weighted by atomic mass is 16.5. The average molecular weight is 195 g/mol. The van der Waals surface area contributed by atoms with Crippen molar-refractivity contribution in [3.63, 3.8) is 0 Å². The summed E-state index contributed by atoms with van der Waals surface area (Å²) in [6.07, 6.45) is 4.72. The van der Waals surface area contributed by atoms with Gasteiger partial charge in [0.25, 0.3) is 0 Å². The van der Waals surface area contributed by atoms with Crippen molar-refractivity contribution < 1.29 is 9.53 Å². The van der Waals surface area contributed by atoms with E-state index in [-0.39, 0.29) is 5.97 Å². The van der Waals surface area contributed by atoms with Crippen molar-refractivity contribution >= 4 is 11.7 Å². The summed E-state index contributed by atoms with van der Waals surface area (Å²) in [4.78, 5) is 11.0. The number of ether oxygens (including phenoxy) is 1. The molecule has 2 N–H and O–H groups in total. The number of aromatic amines is 1. The van der Waals surface area contributed by atoms with E-state index in [4.69, 9.17) is 4.74 Å². The number of carbonyl (C=O) groups is 1. The van der Waals surface area contributed by atoms with Crippen molar-refractivity contribution in [1.82, 2.24) is 10.2 Å². The third kappa shape index (κ3) is 3.30. The van der Waals surface area contributed by atoms with Gasteiger partial charge >= 0.3 is 5.97 Å². The van der Waals surface area contributed by atoms with Crippen molar-refractivity contribution in [2.75, 3.05) is 11.9 Å². The zero-order valence-electron chi connectivity index (χ0n) is 8.20. The molecule has 0 atom stereocenters. The van der Waals surface area contributed by atoms with Gasteiger partial charge in [-0.15, -0.1) is 0 Å². The zero-order chi connectivity index (χ0) is 10.4. The van der Waals surface area contributed by atoms with E-state index in [1.54, 1.807) is 26.2 Å². The SMILES string of the molecule is CCOC(=O)C=C(C)Nc1cn[nH]c1. The molecule has 1 rings (SSSR count). The van der Waals surface area contributed by atoms with Gasteiger partial charge in [-0.05, 0) is 13.8 Å². The van der Waals surface area contributed by atoms with Crippen molar-refractivity contribution in [2.24, 2.45) is 0 Å². The lowest BCUT2D eigenvalue weighted by molar-refractivity contribution is -0.137. The Balaban J connectivity index is 2.49. The van der Waals surface area contributed by atoms with Gasteiger partial charge in [0.2, 0.25) is 0 Å². The Bertz CT molecular complexity index is 317. The topological polar surface area (TPSA) is 67.0 Å². The van der Waals surface area contributed by atoms with Crippen LogP contribution in [0, 0.1) is 0 Å². The van der Waals surface area contributed by atoms with E-state index in [1.807, 2.05) is 0 Å². The maximum Gasteiger partial charge on any atom is 0.332 e. The van der Waals surface area contributed by atoms with Crippen LogP contribution in [0.2, 0.25) is 0 Å². The third-order valence-electron chi connectivity index (χ3n) is 1.46. The van der Waals surface area contributed by atoms with Gasteiger partial charge in [-0.1, -0.05) is 0 Å². The van der Waals surface area contributed by atoms with Crippen LogP contribution < -0.4 is 5.32 Å². The first-order valence-corrected chi connectivity index (χ1v) is 4.33. The predicted octanol–water partition coefficient (Wildman–Crippen LogP) is 1.29. The molecule has 0 saturated carbocycles. The normalized spacial score (nSPS) is 11.1. The maximum atomic E-state index is 11.0. The summed E-state index contributed by atoms with van der Waals surface area (Å²) in [5, 5.41) is 9.40. The Morgan fingerprint density at radius 3 is 3.14 bits per heavy atom. The monoisotopic (exact) mass is 195 g/mol. The second-order valence-electron chi connectivity index (χ2n) is 2.69. The standard InChI is InChI=1S/C9H13N3O2/c1-3-14-9(13)4-7(2)12-8-5-10-11-6-8/h4-6,12H,3H2,1-2H3,(H,10,11). The number of aromatic nitrogens is 2. The highest BCUT2D eigenvalue weighted by molar-refractivity contribution is 5.83. The van der Waals surface area contributed by atoms with Gasteiger partial charge in [0.05, 0.1) is 18.5 Å². The summed E-state index contributed by atoms with van der Waals surface area (Å²) in [5.41, 5.74) is 1.52. The van der Waals surface area contributed by atoms with E-state index in [2.05, 4.69) is 15.5 Å². The van der Waals surface area contributed by atoms with E-state index in [0.717, 1.165) is 5.69 Å². The lowest BCUT2D eigenvalue weighted by Gasteiger charge is -2.02. The van der Waals surface area contributed by atoms with Crippen LogP contribution in [0.3, 0.4) is 0 Å². The Morgan fingerprint density at radius 1 is 1.79 bits per heavy atom. The van der Waals surface area contributed by atoms with E-state index >= 15 is 0 Å². The number of esters is 1. The van der Waals surface area contributed by atoms with Gasteiger partial charge in [-0.3, -0.25) is 5.10 Å². The van der Waals surface area contributed by atoms with Gasteiger partial charge in [0, 0.05) is 18.0 Å². The largest absolute Gasteiger partial charge is 0.463 e. The van der Waals surface area contributed by atoms with Crippen molar-refractivity contribution in [1.29, 1.82) is 0 Å². The molecular formula is C9H13N3O2. The Kier molecular flexibility index (Phi) is 3.72. The second-order valence-corrected chi connectivity index (χ2v) is 2.69. The molecule has 0 aliphatic heterocycles. The molecule has 0 bridgehead atoms. The van der Waals surface area contributed by atoms with Gasteiger partial charge in [-0.25, -0.2) is 4.79 Å². The van der Waals surface area contributed by atoms with Gasteiger partial charge < -0.3 is 10.1 Å². The first kappa shape index (κ1) is 10.3. The Morgan fingerprint density at radius 2 is 2.57 bits per heavy atom. The molecule has 1 heterocycles. The number of H-pyrrole nitrogens is 1. The fraction of sp³-hybridized carbons (Fsp3) is 0.333. The van der Waals surface area contributed by atoms with Crippen LogP contribution in [0.4, 0.5) is 5.69 Å². The number of anilines is 1. The molecule has 0 unspecified atom stereocenters. The molecule has 0 spiro atoms. The highest BCUT2D eigenvalue weighted by Crippen LogP contribution is 2.05. The molecule has 0 amide bonds. The van der Waals surface area contributed by atoms with Crippen LogP contribution >= 0.6 is 0 Å². The summed E-state index contributed by atoms with van der Waals surface area (Å²) >= 11 is 0. The predicted molar refractivity (Wildman–Crippen MR) is 52.6 cm³/mol. The summed E-state index contributed by atoms with van der Waals surface area (Å²) in [5.74, 6) is -0.346. The number of rotatable bonds is 4. The molecule has 0 aliphatic carbocycles. The van der Waals surface area contributed by atoms with Gasteiger partial charge in [0.1, 0.15) is 0 Å². The molecule has 0 fully saturated rings. The summed E-state index contributed by atoms with van der Waals surface area (Å²) < 4.78 is 4.75. The molecule has 1 aromatic heterocycles. The van der Waals surface area contributed by atoms with Crippen molar-refractivity contribution in [3.05, 3.63) is 24.2 Å². The number of hydrogen-bond donors (Lipinski definition) is 2. The first-order chi connectivity index (χ1) is 6.72. The molecule has 5 heteroatoms. The fourth-order valence-corrected chi connectivity index (χ4v) is 0.944. The Labute approximate surface area is 82.2 Å². The number of hydrogen-bond acceptors (Lipinski definition) is 4. The Hall–Kier alpha value is -1.78. The average Bonchev–Trinajstić information content (AvgIpc) is 2.56. The molecular weight excluding hydrogens is 182 g/mol. The summed E-state index contributed by atoms with van der Waals surface area (Å²) in [7, 11) is 0. The number of nitrogens with zero attached hydrogens (tertiary/aromatic N) is 1. The zero-order valence-corrected chi connectivity index (χ0v) is 8.20. The lowest BCUT2D eigenvalue weighted by atomic mass is 10.4. The number of nitrogens with one attached hydrogen (secondary N) is 2. The van der Waals surface area contributed by atoms with Crippen LogP contribution in [-0.4, -0.2) is 22.8 Å². The summed E-state index contributed by atoms with van der Waals surface area (Å²) in [6.45, 7) is 3.93. The molecule has 0 radical (unpaired) electrons. The quantitative estimate of drug-likeness (QED) is 0.561. The molecule has 76 valence electrons. The maximum absolute atomic E-state index is 11.0. The molecule has 1 aromatic rings. The van der Waals surface area contributed by atoms with E-state index < -0.39 is 0 Å². The molecule has 0 aliphatic rings. The molecule has 5 nitrogen and oxygen atoms in total. The highest BCUT2D eigenvalue weighted by Gasteiger charge is 1.98. The smallest absolute Gasteiger partial charge is 0.332 e. The van der Waals surface area contributed by atoms with Crippen molar-refractivity contribution in [2.45, 2.75) is 13.8 Å². The van der Waals surface area contributed by atoms with Crippen LogP contribution in [-0.2, 0) is 9.53 Å². The van der Waals surface area contributed by atoms with Gasteiger partial charge in [-0.2, -0.15) is 5.10 Å².